The fourth-order valence-corrected chi connectivity index (χ4v) is 3.11. The summed E-state index contributed by atoms with van der Waals surface area (Å²) in [5.74, 6) is 0. The Labute approximate surface area is 153 Å². The maximum absolute atomic E-state index is 5.41. The van der Waals surface area contributed by atoms with Crippen LogP contribution in [0.3, 0.4) is 0 Å². The zero-order chi connectivity index (χ0) is 17.9. The van der Waals surface area contributed by atoms with Crippen molar-refractivity contribution in [1.82, 2.24) is 9.97 Å². The molecule has 0 aliphatic carbocycles. The minimum atomic E-state index is -0.228. The molecule has 1 aromatic heterocycles. The predicted molar refractivity (Wildman–Crippen MR) is 107 cm³/mol. The van der Waals surface area contributed by atoms with E-state index in [0.29, 0.717) is 0 Å². The number of aryl methyl sites for hydroxylation is 1. The molecule has 4 heteroatoms. The van der Waals surface area contributed by atoms with Crippen molar-refractivity contribution in [1.29, 1.82) is 0 Å². The van der Waals surface area contributed by atoms with Gasteiger partial charge in [-0.3, -0.25) is 0 Å². The fraction of sp³-hybridized carbons (Fsp3) is 0.238. The molecule has 0 atom stereocenters. The average Bonchev–Trinajstić information content (AvgIpc) is 2.61. The van der Waals surface area contributed by atoms with Gasteiger partial charge in [-0.15, -0.1) is 0 Å². The Balaban J connectivity index is 1.91. The first kappa shape index (κ1) is 17.6. The third kappa shape index (κ3) is 4.27. The third-order valence-corrected chi connectivity index (χ3v) is 5.02. The van der Waals surface area contributed by atoms with Crippen LogP contribution in [0.25, 0.3) is 28.4 Å². The molecule has 0 radical (unpaired) electrons. The van der Waals surface area contributed by atoms with Gasteiger partial charge in [0, 0.05) is 12.7 Å². The van der Waals surface area contributed by atoms with E-state index >= 15 is 0 Å². The summed E-state index contributed by atoms with van der Waals surface area (Å²) in [5, 5.41) is 2.06. The van der Waals surface area contributed by atoms with Crippen molar-refractivity contribution in [2.24, 2.45) is 0 Å². The molecule has 0 saturated carbocycles. The lowest BCUT2D eigenvalue weighted by molar-refractivity contribution is 0.104. The molecular formula is C21H22N2OS. The first-order chi connectivity index (χ1) is 12.0. The number of hydrogen-bond donors (Lipinski definition) is 0. The van der Waals surface area contributed by atoms with E-state index in [1.165, 1.54) is 0 Å². The number of aromatic nitrogens is 2. The number of methoxy groups -OCH3 is 1. The summed E-state index contributed by atoms with van der Waals surface area (Å²) in [4.78, 5) is 9.34. The zero-order valence-electron chi connectivity index (χ0n) is 15.0. The van der Waals surface area contributed by atoms with E-state index in [1.54, 1.807) is 18.9 Å². The van der Waals surface area contributed by atoms with Crippen LogP contribution in [0.2, 0.25) is 0 Å². The van der Waals surface area contributed by atoms with Gasteiger partial charge in [0.15, 0.2) is 0 Å². The van der Waals surface area contributed by atoms with Crippen molar-refractivity contribution in [3.05, 3.63) is 65.2 Å². The molecule has 0 saturated heterocycles. The van der Waals surface area contributed by atoms with E-state index in [9.17, 15) is 0 Å². The van der Waals surface area contributed by atoms with Crippen LogP contribution in [0.5, 0.6) is 0 Å². The van der Waals surface area contributed by atoms with Gasteiger partial charge in [-0.25, -0.2) is 9.97 Å². The second-order valence-corrected chi connectivity index (χ2v) is 7.79. The molecule has 128 valence electrons. The number of ether oxygens (including phenoxy) is 1. The second kappa shape index (κ2) is 7.38. The summed E-state index contributed by atoms with van der Waals surface area (Å²) < 4.78 is 5.41. The lowest BCUT2D eigenvalue weighted by Gasteiger charge is -2.19. The number of thioether (sulfide) groups is 1. The number of fused-ring (bicyclic) bond motifs is 1. The van der Waals surface area contributed by atoms with Gasteiger partial charge in [0.05, 0.1) is 22.4 Å². The summed E-state index contributed by atoms with van der Waals surface area (Å²) in [6.45, 7) is 6.10. The highest BCUT2D eigenvalue weighted by Gasteiger charge is 2.14. The second-order valence-electron chi connectivity index (χ2n) is 6.30. The van der Waals surface area contributed by atoms with Crippen LogP contribution in [0.15, 0.2) is 53.9 Å². The molecule has 0 fully saturated rings. The van der Waals surface area contributed by atoms with E-state index < -0.39 is 0 Å². The average molecular weight is 350 g/mol. The SMILES string of the molecule is COC(C)(C)S/C=C/c1ccc2nc(-c3ccccc3)c(C)nc2c1. The maximum atomic E-state index is 5.41. The van der Waals surface area contributed by atoms with Gasteiger partial charge in [-0.2, -0.15) is 0 Å². The Morgan fingerprint density at radius 3 is 2.48 bits per heavy atom. The number of nitrogens with zero attached hydrogens (tertiary/aromatic N) is 2. The van der Waals surface area contributed by atoms with Crippen LogP contribution < -0.4 is 0 Å². The smallest absolute Gasteiger partial charge is 0.111 e. The molecule has 0 unspecified atom stereocenters. The lowest BCUT2D eigenvalue weighted by atomic mass is 10.1. The Kier molecular flexibility index (Phi) is 5.21. The summed E-state index contributed by atoms with van der Waals surface area (Å²) in [5.41, 5.74) is 5.90. The largest absolute Gasteiger partial charge is 0.368 e. The van der Waals surface area contributed by atoms with Crippen LogP contribution in [0.1, 0.15) is 25.1 Å². The summed E-state index contributed by atoms with van der Waals surface area (Å²) in [7, 11) is 1.72. The Morgan fingerprint density at radius 2 is 1.76 bits per heavy atom. The zero-order valence-corrected chi connectivity index (χ0v) is 15.8. The van der Waals surface area contributed by atoms with E-state index in [-0.39, 0.29) is 4.93 Å². The van der Waals surface area contributed by atoms with E-state index in [1.807, 2.05) is 45.0 Å². The molecule has 0 bridgehead atoms. The molecule has 0 N–H and O–H groups in total. The van der Waals surface area contributed by atoms with Gasteiger partial charge < -0.3 is 4.74 Å². The minimum Gasteiger partial charge on any atom is -0.368 e. The van der Waals surface area contributed by atoms with Crippen molar-refractivity contribution in [3.63, 3.8) is 0 Å². The molecule has 0 aliphatic heterocycles. The van der Waals surface area contributed by atoms with Crippen LogP contribution in [-0.4, -0.2) is 22.0 Å². The van der Waals surface area contributed by atoms with Crippen molar-refractivity contribution in [2.45, 2.75) is 25.7 Å². The third-order valence-electron chi connectivity index (χ3n) is 4.01. The van der Waals surface area contributed by atoms with Gasteiger partial charge in [0.1, 0.15) is 4.93 Å². The number of benzene rings is 2. The summed E-state index contributed by atoms with van der Waals surface area (Å²) in [6.07, 6.45) is 2.08. The van der Waals surface area contributed by atoms with Gasteiger partial charge in [0.2, 0.25) is 0 Å². The molecule has 0 spiro atoms. The molecular weight excluding hydrogens is 328 g/mol. The maximum Gasteiger partial charge on any atom is 0.111 e. The van der Waals surface area contributed by atoms with E-state index in [0.717, 1.165) is 33.5 Å². The lowest BCUT2D eigenvalue weighted by Crippen LogP contribution is -2.15. The first-order valence-electron chi connectivity index (χ1n) is 8.22. The normalized spacial score (nSPS) is 12.2. The Morgan fingerprint density at radius 1 is 1.00 bits per heavy atom. The topological polar surface area (TPSA) is 35.0 Å². The predicted octanol–water partition coefficient (Wildman–Crippen LogP) is 5.69. The molecule has 0 amide bonds. The van der Waals surface area contributed by atoms with Crippen molar-refractivity contribution in [2.75, 3.05) is 7.11 Å². The fourth-order valence-electron chi connectivity index (χ4n) is 2.46. The van der Waals surface area contributed by atoms with Crippen LogP contribution in [0.4, 0.5) is 0 Å². The summed E-state index contributed by atoms with van der Waals surface area (Å²) in [6, 6.07) is 16.3. The quantitative estimate of drug-likeness (QED) is 0.554. The molecule has 3 nitrogen and oxygen atoms in total. The van der Waals surface area contributed by atoms with Gasteiger partial charge in [-0.1, -0.05) is 48.2 Å². The van der Waals surface area contributed by atoms with Crippen LogP contribution >= 0.6 is 11.8 Å². The molecule has 1 heterocycles. The highest BCUT2D eigenvalue weighted by Crippen LogP contribution is 2.27. The monoisotopic (exact) mass is 350 g/mol. The molecule has 25 heavy (non-hydrogen) atoms. The van der Waals surface area contributed by atoms with E-state index in [4.69, 9.17) is 14.7 Å². The molecule has 2 aromatic carbocycles. The molecule has 3 rings (SSSR count). The Hall–Kier alpha value is -2.17. The van der Waals surface area contributed by atoms with Crippen molar-refractivity contribution >= 4 is 28.9 Å². The van der Waals surface area contributed by atoms with Crippen LogP contribution in [0, 0.1) is 6.92 Å². The number of hydrogen-bond acceptors (Lipinski definition) is 4. The summed E-state index contributed by atoms with van der Waals surface area (Å²) >= 11 is 1.64. The number of rotatable bonds is 5. The highest BCUT2D eigenvalue weighted by molar-refractivity contribution is 8.03. The minimum absolute atomic E-state index is 0.228. The highest BCUT2D eigenvalue weighted by atomic mass is 32.2. The van der Waals surface area contributed by atoms with Gasteiger partial charge >= 0.3 is 0 Å². The molecule has 0 aliphatic rings. The van der Waals surface area contributed by atoms with Crippen molar-refractivity contribution in [3.8, 4) is 11.3 Å². The molecule has 3 aromatic rings. The Bertz CT molecular complexity index is 904. The first-order valence-corrected chi connectivity index (χ1v) is 9.10. The van der Waals surface area contributed by atoms with Crippen LogP contribution in [-0.2, 0) is 4.74 Å². The van der Waals surface area contributed by atoms with E-state index in [2.05, 4.69) is 35.7 Å². The van der Waals surface area contributed by atoms with Gasteiger partial charge in [0.25, 0.3) is 0 Å². The van der Waals surface area contributed by atoms with Gasteiger partial charge in [-0.05, 0) is 50.0 Å². The standard InChI is InChI=1S/C21H22N2OS/c1-15-20(17-8-6-5-7-9-17)23-18-11-10-16(14-19(18)22-15)12-13-25-21(2,3)24-4/h5-14H,1-4H3/b13-12+. The van der Waals surface area contributed by atoms with Crippen molar-refractivity contribution < 1.29 is 4.74 Å².